The van der Waals surface area contributed by atoms with Crippen molar-refractivity contribution in [2.24, 2.45) is 0 Å². The summed E-state index contributed by atoms with van der Waals surface area (Å²) in [6.45, 7) is 1.46. The second kappa shape index (κ2) is 8.76. The molecule has 3 aromatic carbocycles. The third kappa shape index (κ3) is 4.64. The first-order valence-electron chi connectivity index (χ1n) is 9.85. The van der Waals surface area contributed by atoms with Crippen molar-refractivity contribution in [3.63, 3.8) is 0 Å². The highest BCUT2D eigenvalue weighted by atomic mass is 32.2. The predicted molar refractivity (Wildman–Crippen MR) is 128 cm³/mol. The van der Waals surface area contributed by atoms with E-state index in [0.717, 1.165) is 21.1 Å². The number of hydrogen-bond acceptors (Lipinski definition) is 5. The van der Waals surface area contributed by atoms with Gasteiger partial charge in [-0.1, -0.05) is 12.1 Å². The molecule has 1 N–H and O–H groups in total. The van der Waals surface area contributed by atoms with Gasteiger partial charge in [-0.05, 0) is 73.0 Å². The van der Waals surface area contributed by atoms with Crippen LogP contribution >= 0.6 is 11.3 Å². The Bertz CT molecular complexity index is 1480. The molecule has 0 saturated carbocycles. The Labute approximate surface area is 194 Å². The van der Waals surface area contributed by atoms with E-state index in [1.807, 2.05) is 0 Å². The average molecular weight is 483 g/mol. The highest BCUT2D eigenvalue weighted by Gasteiger charge is 2.22. The number of anilines is 2. The number of rotatable bonds is 6. The van der Waals surface area contributed by atoms with E-state index in [4.69, 9.17) is 0 Å². The number of amides is 1. The fraction of sp³-hybridized carbons (Fsp3) is 0.0833. The van der Waals surface area contributed by atoms with E-state index in [0.29, 0.717) is 27.2 Å². The monoisotopic (exact) mass is 482 g/mol. The molecule has 0 aliphatic heterocycles. The molecule has 0 atom stereocenters. The molecular formula is C24H19FN2O4S2. The Morgan fingerprint density at radius 1 is 0.970 bits per heavy atom. The molecule has 0 saturated heterocycles. The number of nitrogens with one attached hydrogen (secondary N) is 1. The molecule has 4 aromatic rings. The summed E-state index contributed by atoms with van der Waals surface area (Å²) in [5.74, 6) is -0.943. The van der Waals surface area contributed by atoms with Crippen LogP contribution in [0.2, 0.25) is 0 Å². The Hall–Kier alpha value is -3.56. The number of hydrogen-bond donors (Lipinski definition) is 1. The summed E-state index contributed by atoms with van der Waals surface area (Å²) >= 11 is 1.27. The molecule has 0 bridgehead atoms. The molecular weight excluding hydrogens is 463 g/mol. The van der Waals surface area contributed by atoms with Gasteiger partial charge < -0.3 is 5.32 Å². The van der Waals surface area contributed by atoms with Crippen LogP contribution in [0.5, 0.6) is 0 Å². The van der Waals surface area contributed by atoms with Gasteiger partial charge in [-0.3, -0.25) is 13.9 Å². The smallest absolute Gasteiger partial charge is 0.265 e. The summed E-state index contributed by atoms with van der Waals surface area (Å²) in [7, 11) is -2.46. The van der Waals surface area contributed by atoms with Crippen LogP contribution < -0.4 is 9.62 Å². The standard InChI is InChI=1S/C24H19FN2O4S2/c1-15(28)16-4-3-5-19(12-16)26-24(29)23-14-17-13-20(8-11-22(17)32-23)27(2)33(30,31)21-9-6-18(25)7-10-21/h3-14H,1-2H3,(H,26,29). The van der Waals surface area contributed by atoms with E-state index in [1.165, 1.54) is 37.4 Å². The van der Waals surface area contributed by atoms with E-state index in [1.54, 1.807) is 48.5 Å². The Morgan fingerprint density at radius 3 is 2.39 bits per heavy atom. The van der Waals surface area contributed by atoms with Gasteiger partial charge >= 0.3 is 0 Å². The zero-order valence-corrected chi connectivity index (χ0v) is 19.3. The van der Waals surface area contributed by atoms with E-state index in [9.17, 15) is 22.4 Å². The normalized spacial score (nSPS) is 11.4. The van der Waals surface area contributed by atoms with Crippen molar-refractivity contribution in [1.82, 2.24) is 0 Å². The third-order valence-corrected chi connectivity index (χ3v) is 8.00. The van der Waals surface area contributed by atoms with Crippen molar-refractivity contribution < 1.29 is 22.4 Å². The lowest BCUT2D eigenvalue weighted by Gasteiger charge is -2.19. The number of halogens is 1. The van der Waals surface area contributed by atoms with E-state index < -0.39 is 15.8 Å². The molecule has 9 heteroatoms. The molecule has 4 rings (SSSR count). The van der Waals surface area contributed by atoms with Crippen LogP contribution in [-0.4, -0.2) is 27.2 Å². The minimum absolute atomic E-state index is 0.0235. The van der Waals surface area contributed by atoms with Gasteiger partial charge in [-0.25, -0.2) is 12.8 Å². The predicted octanol–water partition coefficient (Wildman–Crippen LogP) is 5.32. The van der Waals surface area contributed by atoms with Crippen molar-refractivity contribution >= 4 is 54.5 Å². The number of carbonyl (C=O) groups excluding carboxylic acids is 2. The molecule has 1 aromatic heterocycles. The number of thiophene rings is 1. The summed E-state index contributed by atoms with van der Waals surface area (Å²) in [5.41, 5.74) is 1.42. The molecule has 0 aliphatic rings. The number of benzene rings is 3. The van der Waals surface area contributed by atoms with Gasteiger partial charge in [-0.2, -0.15) is 0 Å². The lowest BCUT2D eigenvalue weighted by Crippen LogP contribution is -2.26. The largest absolute Gasteiger partial charge is 0.321 e. The maximum absolute atomic E-state index is 13.2. The molecule has 1 amide bonds. The van der Waals surface area contributed by atoms with Crippen molar-refractivity contribution in [3.8, 4) is 0 Å². The van der Waals surface area contributed by atoms with Crippen LogP contribution in [0.25, 0.3) is 10.1 Å². The molecule has 6 nitrogen and oxygen atoms in total. The van der Waals surface area contributed by atoms with Crippen molar-refractivity contribution in [3.05, 3.63) is 89.1 Å². The van der Waals surface area contributed by atoms with Crippen molar-refractivity contribution in [1.29, 1.82) is 0 Å². The Kier molecular flexibility index (Phi) is 6.01. The van der Waals surface area contributed by atoms with Gasteiger partial charge in [0, 0.05) is 23.0 Å². The second-order valence-corrected chi connectivity index (χ2v) is 10.4. The topological polar surface area (TPSA) is 83.6 Å². The van der Waals surface area contributed by atoms with Crippen LogP contribution in [0.3, 0.4) is 0 Å². The van der Waals surface area contributed by atoms with Gasteiger partial charge in [0.15, 0.2) is 5.78 Å². The van der Waals surface area contributed by atoms with E-state index >= 15 is 0 Å². The number of sulfonamides is 1. The zero-order valence-electron chi connectivity index (χ0n) is 17.7. The summed E-state index contributed by atoms with van der Waals surface area (Å²) in [6, 6.07) is 18.1. The third-order valence-electron chi connectivity index (χ3n) is 5.09. The maximum atomic E-state index is 13.2. The van der Waals surface area contributed by atoms with E-state index in [2.05, 4.69) is 5.32 Å². The SMILES string of the molecule is CC(=O)c1cccc(NC(=O)c2cc3cc(N(C)S(=O)(=O)c4ccc(F)cc4)ccc3s2)c1. The second-order valence-electron chi connectivity index (χ2n) is 7.35. The lowest BCUT2D eigenvalue weighted by molar-refractivity contribution is 0.101. The number of Topliss-reactive ketones (excluding diaryl/α,β-unsaturated/α-hetero) is 1. The number of carbonyl (C=O) groups is 2. The van der Waals surface area contributed by atoms with Gasteiger partial charge in [0.05, 0.1) is 15.5 Å². The summed E-state index contributed by atoms with van der Waals surface area (Å²) in [5, 5.41) is 3.49. The van der Waals surface area contributed by atoms with Crippen LogP contribution in [-0.2, 0) is 10.0 Å². The fourth-order valence-corrected chi connectivity index (χ4v) is 5.38. The summed E-state index contributed by atoms with van der Waals surface area (Å²) in [4.78, 5) is 24.7. The van der Waals surface area contributed by atoms with Crippen molar-refractivity contribution in [2.45, 2.75) is 11.8 Å². The van der Waals surface area contributed by atoms with Gasteiger partial charge in [0.25, 0.3) is 15.9 Å². The first-order valence-corrected chi connectivity index (χ1v) is 12.1. The zero-order chi connectivity index (χ0) is 23.8. The average Bonchev–Trinajstić information content (AvgIpc) is 3.22. The maximum Gasteiger partial charge on any atom is 0.265 e. The van der Waals surface area contributed by atoms with Crippen LogP contribution in [0.4, 0.5) is 15.8 Å². The quantitative estimate of drug-likeness (QED) is 0.377. The molecule has 33 heavy (non-hydrogen) atoms. The summed E-state index contributed by atoms with van der Waals surface area (Å²) in [6.07, 6.45) is 0. The van der Waals surface area contributed by atoms with Crippen LogP contribution in [0.15, 0.2) is 77.7 Å². The minimum atomic E-state index is -3.88. The molecule has 1 heterocycles. The van der Waals surface area contributed by atoms with E-state index in [-0.39, 0.29) is 16.6 Å². The number of fused-ring (bicyclic) bond motifs is 1. The molecule has 0 radical (unpaired) electrons. The molecule has 0 aliphatic carbocycles. The first kappa shape index (κ1) is 22.6. The number of nitrogens with zero attached hydrogens (tertiary/aromatic N) is 1. The first-order chi connectivity index (χ1) is 15.6. The molecule has 0 fully saturated rings. The van der Waals surface area contributed by atoms with Gasteiger partial charge in [0.1, 0.15) is 5.82 Å². The summed E-state index contributed by atoms with van der Waals surface area (Å²) < 4.78 is 40.9. The lowest BCUT2D eigenvalue weighted by atomic mass is 10.1. The highest BCUT2D eigenvalue weighted by molar-refractivity contribution is 7.92. The highest BCUT2D eigenvalue weighted by Crippen LogP contribution is 2.31. The van der Waals surface area contributed by atoms with Crippen molar-refractivity contribution in [2.75, 3.05) is 16.7 Å². The van der Waals surface area contributed by atoms with Crippen LogP contribution in [0.1, 0.15) is 27.0 Å². The minimum Gasteiger partial charge on any atom is -0.321 e. The van der Waals surface area contributed by atoms with Crippen LogP contribution in [0, 0.1) is 5.82 Å². The van der Waals surface area contributed by atoms with Gasteiger partial charge in [-0.15, -0.1) is 11.3 Å². The fourth-order valence-electron chi connectivity index (χ4n) is 3.25. The molecule has 0 unspecified atom stereocenters. The Balaban J connectivity index is 1.59. The van der Waals surface area contributed by atoms with Gasteiger partial charge in [0.2, 0.25) is 0 Å². The Morgan fingerprint density at radius 2 is 1.70 bits per heavy atom. The number of ketones is 1. The molecule has 0 spiro atoms. The molecule has 168 valence electrons.